The molecule has 0 aliphatic carbocycles. The van der Waals surface area contributed by atoms with Gasteiger partial charge in [-0.3, -0.25) is 4.79 Å². The van der Waals surface area contributed by atoms with E-state index in [0.717, 1.165) is 6.54 Å². The summed E-state index contributed by atoms with van der Waals surface area (Å²) in [4.78, 5) is 10.7. The van der Waals surface area contributed by atoms with Gasteiger partial charge in [-0.05, 0) is 13.8 Å². The molecule has 0 bridgehead atoms. The molecule has 1 N–H and O–H groups in total. The van der Waals surface area contributed by atoms with Crippen LogP contribution in [0.2, 0.25) is 0 Å². The lowest BCUT2D eigenvalue weighted by Gasteiger charge is -1.98. The van der Waals surface area contributed by atoms with Crippen LogP contribution in [0.5, 0.6) is 0 Å². The molecule has 0 spiro atoms. The first-order chi connectivity index (χ1) is 4.68. The fraction of sp³-hybridized carbons (Fsp3) is 0.625. The van der Waals surface area contributed by atoms with Crippen molar-refractivity contribution in [2.75, 3.05) is 6.54 Å². The third-order valence-corrected chi connectivity index (χ3v) is 1.58. The Morgan fingerprint density at radius 3 is 2.80 bits per heavy atom. The Labute approximate surface area is 61.3 Å². The Kier molecular flexibility index (Phi) is 2.10. The van der Waals surface area contributed by atoms with Gasteiger partial charge in [0.1, 0.15) is 0 Å². The summed E-state index contributed by atoms with van der Waals surface area (Å²) in [6, 6.07) is 0. The summed E-state index contributed by atoms with van der Waals surface area (Å²) in [5.74, 6) is 0.625. The zero-order valence-electron chi connectivity index (χ0n) is 6.48. The van der Waals surface area contributed by atoms with Crippen LogP contribution in [0, 0.1) is 5.92 Å². The quantitative estimate of drug-likeness (QED) is 0.541. The predicted molar refractivity (Wildman–Crippen MR) is 40.5 cm³/mol. The number of rotatable bonds is 1. The van der Waals surface area contributed by atoms with E-state index in [0.29, 0.717) is 12.3 Å². The molecule has 0 saturated carbocycles. The molecule has 1 fully saturated rings. The summed E-state index contributed by atoms with van der Waals surface area (Å²) < 4.78 is 0. The van der Waals surface area contributed by atoms with Crippen molar-refractivity contribution >= 4 is 5.91 Å². The number of carbonyl (C=O) groups excluding carboxylic acids is 1. The predicted octanol–water partition coefficient (Wildman–Crippen LogP) is 1.09. The van der Waals surface area contributed by atoms with Gasteiger partial charge in [0.2, 0.25) is 5.91 Å². The van der Waals surface area contributed by atoms with Crippen molar-refractivity contribution in [1.29, 1.82) is 0 Å². The van der Waals surface area contributed by atoms with Crippen molar-refractivity contribution < 1.29 is 4.79 Å². The molecule has 1 heterocycles. The molecule has 1 amide bonds. The Bertz CT molecular complexity index is 168. The number of allylic oxidation sites excluding steroid dienone is 1. The van der Waals surface area contributed by atoms with Gasteiger partial charge >= 0.3 is 0 Å². The Balaban J connectivity index is 2.46. The minimum atomic E-state index is 0.183. The van der Waals surface area contributed by atoms with Gasteiger partial charge in [-0.2, -0.15) is 0 Å². The molecule has 0 radical (unpaired) electrons. The fourth-order valence-electron chi connectivity index (χ4n) is 1.22. The lowest BCUT2D eigenvalue weighted by Crippen LogP contribution is -2.13. The molecule has 0 aromatic rings. The largest absolute Gasteiger partial charge is 0.355 e. The number of hydrogen-bond donors (Lipinski definition) is 1. The van der Waals surface area contributed by atoms with Crippen LogP contribution in [-0.4, -0.2) is 12.5 Å². The smallest absolute Gasteiger partial charge is 0.220 e. The second-order valence-electron chi connectivity index (χ2n) is 3.01. The highest BCUT2D eigenvalue weighted by Gasteiger charge is 2.18. The van der Waals surface area contributed by atoms with E-state index < -0.39 is 0 Å². The molecule has 0 unspecified atom stereocenters. The van der Waals surface area contributed by atoms with Crippen LogP contribution in [0.15, 0.2) is 11.6 Å². The zero-order chi connectivity index (χ0) is 7.56. The molecular weight excluding hydrogens is 126 g/mol. The maximum atomic E-state index is 10.7. The van der Waals surface area contributed by atoms with E-state index in [4.69, 9.17) is 0 Å². The number of amides is 1. The van der Waals surface area contributed by atoms with E-state index in [1.165, 1.54) is 5.57 Å². The average molecular weight is 139 g/mol. The van der Waals surface area contributed by atoms with E-state index in [-0.39, 0.29) is 5.91 Å². The fourth-order valence-corrected chi connectivity index (χ4v) is 1.22. The van der Waals surface area contributed by atoms with Crippen LogP contribution in [0.1, 0.15) is 20.3 Å². The molecule has 1 rings (SSSR count). The van der Waals surface area contributed by atoms with Crippen LogP contribution in [0.4, 0.5) is 0 Å². The van der Waals surface area contributed by atoms with E-state index in [9.17, 15) is 4.79 Å². The SMILES string of the molecule is CC(C)=C[C@H]1CNC(=O)C1. The topological polar surface area (TPSA) is 29.1 Å². The summed E-state index contributed by atoms with van der Waals surface area (Å²) in [5.41, 5.74) is 1.29. The highest BCUT2D eigenvalue weighted by atomic mass is 16.1. The highest BCUT2D eigenvalue weighted by molar-refractivity contribution is 5.78. The molecule has 10 heavy (non-hydrogen) atoms. The summed E-state index contributed by atoms with van der Waals surface area (Å²) in [6.45, 7) is 4.94. The zero-order valence-corrected chi connectivity index (χ0v) is 6.48. The first kappa shape index (κ1) is 7.32. The standard InChI is InChI=1S/C8H13NO/c1-6(2)3-7-4-8(10)9-5-7/h3,7H,4-5H2,1-2H3,(H,9,10)/t7-/m1/s1. The van der Waals surface area contributed by atoms with E-state index in [2.05, 4.69) is 25.2 Å². The average Bonchev–Trinajstić information content (AvgIpc) is 2.13. The molecule has 1 aliphatic heterocycles. The Hall–Kier alpha value is -0.790. The van der Waals surface area contributed by atoms with Gasteiger partial charge in [0.15, 0.2) is 0 Å². The maximum Gasteiger partial charge on any atom is 0.220 e. The van der Waals surface area contributed by atoms with Crippen molar-refractivity contribution in [3.8, 4) is 0 Å². The van der Waals surface area contributed by atoms with Crippen LogP contribution in [0.25, 0.3) is 0 Å². The molecular formula is C8H13NO. The van der Waals surface area contributed by atoms with Crippen LogP contribution >= 0.6 is 0 Å². The second-order valence-corrected chi connectivity index (χ2v) is 3.01. The molecule has 0 aromatic heterocycles. The molecule has 1 saturated heterocycles. The molecule has 2 heteroatoms. The lowest BCUT2D eigenvalue weighted by molar-refractivity contribution is -0.119. The summed E-state index contributed by atoms with van der Waals surface area (Å²) in [6.07, 6.45) is 2.82. The van der Waals surface area contributed by atoms with Crippen molar-refractivity contribution in [2.45, 2.75) is 20.3 Å². The first-order valence-corrected chi connectivity index (χ1v) is 3.60. The van der Waals surface area contributed by atoms with Crippen molar-refractivity contribution in [3.63, 3.8) is 0 Å². The summed E-state index contributed by atoms with van der Waals surface area (Å²) in [7, 11) is 0. The van der Waals surface area contributed by atoms with Gasteiger partial charge in [0.05, 0.1) is 0 Å². The molecule has 1 aliphatic rings. The summed E-state index contributed by atoms with van der Waals surface area (Å²) in [5, 5.41) is 2.79. The molecule has 1 atom stereocenters. The van der Waals surface area contributed by atoms with Gasteiger partial charge in [0.25, 0.3) is 0 Å². The highest BCUT2D eigenvalue weighted by Crippen LogP contribution is 2.11. The minimum absolute atomic E-state index is 0.183. The number of nitrogens with one attached hydrogen (secondary N) is 1. The second kappa shape index (κ2) is 2.86. The van der Waals surface area contributed by atoms with E-state index in [1.807, 2.05) is 0 Å². The van der Waals surface area contributed by atoms with E-state index >= 15 is 0 Å². The lowest BCUT2D eigenvalue weighted by atomic mass is 10.1. The van der Waals surface area contributed by atoms with Crippen molar-refractivity contribution in [1.82, 2.24) is 5.32 Å². The van der Waals surface area contributed by atoms with Gasteiger partial charge in [0, 0.05) is 18.9 Å². The van der Waals surface area contributed by atoms with Crippen LogP contribution in [0.3, 0.4) is 0 Å². The minimum Gasteiger partial charge on any atom is -0.355 e. The van der Waals surface area contributed by atoms with Crippen molar-refractivity contribution in [2.24, 2.45) is 5.92 Å². The third-order valence-electron chi connectivity index (χ3n) is 1.58. The Morgan fingerprint density at radius 1 is 1.70 bits per heavy atom. The maximum absolute atomic E-state index is 10.7. The molecule has 2 nitrogen and oxygen atoms in total. The van der Waals surface area contributed by atoms with Crippen LogP contribution < -0.4 is 5.32 Å². The first-order valence-electron chi connectivity index (χ1n) is 3.60. The monoisotopic (exact) mass is 139 g/mol. The van der Waals surface area contributed by atoms with Gasteiger partial charge in [-0.1, -0.05) is 11.6 Å². The number of carbonyl (C=O) groups is 1. The molecule has 56 valence electrons. The Morgan fingerprint density at radius 2 is 2.40 bits per heavy atom. The normalized spacial score (nSPS) is 24.2. The summed E-state index contributed by atoms with van der Waals surface area (Å²) >= 11 is 0. The van der Waals surface area contributed by atoms with E-state index in [1.54, 1.807) is 0 Å². The van der Waals surface area contributed by atoms with Gasteiger partial charge in [-0.15, -0.1) is 0 Å². The molecule has 0 aromatic carbocycles. The van der Waals surface area contributed by atoms with Crippen LogP contribution in [-0.2, 0) is 4.79 Å². The third kappa shape index (κ3) is 1.87. The van der Waals surface area contributed by atoms with Gasteiger partial charge in [-0.25, -0.2) is 0 Å². The van der Waals surface area contributed by atoms with Crippen molar-refractivity contribution in [3.05, 3.63) is 11.6 Å². The number of hydrogen-bond acceptors (Lipinski definition) is 1. The van der Waals surface area contributed by atoms with Gasteiger partial charge < -0.3 is 5.32 Å².